The number of methoxy groups -OCH3 is 1. The van der Waals surface area contributed by atoms with Crippen LogP contribution in [-0.4, -0.2) is 55.7 Å². The van der Waals surface area contributed by atoms with E-state index in [1.807, 2.05) is 0 Å². The molecule has 0 spiro atoms. The Morgan fingerprint density at radius 1 is 1.50 bits per heavy atom. The number of hydrogen-bond donors (Lipinski definition) is 6. The van der Waals surface area contributed by atoms with Crippen LogP contribution in [0.4, 0.5) is 5.69 Å². The summed E-state index contributed by atoms with van der Waals surface area (Å²) in [6.45, 7) is 0. The molecule has 11 nitrogen and oxygen atoms in total. The van der Waals surface area contributed by atoms with Crippen LogP contribution in [0.15, 0.2) is 12.1 Å². The van der Waals surface area contributed by atoms with E-state index in [-0.39, 0.29) is 17.7 Å². The molecule has 0 unspecified atom stereocenters. The zero-order valence-corrected chi connectivity index (χ0v) is 13.4. The van der Waals surface area contributed by atoms with Crippen LogP contribution in [0.3, 0.4) is 0 Å². The Morgan fingerprint density at radius 3 is 2.54 bits per heavy atom. The van der Waals surface area contributed by atoms with Gasteiger partial charge in [-0.2, -0.15) is 0 Å². The summed E-state index contributed by atoms with van der Waals surface area (Å²) in [5.74, 6) is -2.40. The number of ether oxygens (including phenoxy) is 1. The number of phenols is 1. The van der Waals surface area contributed by atoms with Crippen molar-refractivity contribution >= 4 is 24.8 Å². The van der Waals surface area contributed by atoms with E-state index in [0.29, 0.717) is 0 Å². The Bertz CT molecular complexity index is 679. The quantitative estimate of drug-likeness (QED) is 0.162. The number of nitrogens with two attached hydrogens (primary N) is 1. The van der Waals surface area contributed by atoms with Gasteiger partial charge in [-0.05, 0) is 6.07 Å². The number of nitrogens with one attached hydrogen (secondary N) is 1. The number of carboxylic acid groups (broad SMARTS) is 1. The highest BCUT2D eigenvalue weighted by Gasteiger charge is 2.42. The molecular weight excluding hydrogens is 345 g/mol. The average Bonchev–Trinajstić information content (AvgIpc) is 2.51. The third-order valence-corrected chi connectivity index (χ3v) is 5.03. The van der Waals surface area contributed by atoms with Gasteiger partial charge in [-0.15, -0.1) is 0 Å². The molecular formula is C12H17N3O8P+. The molecule has 132 valence electrons. The standard InChI is InChI=1S/C12H16N3O8P/c1-23-9-5-6(4-8(10(9)16)15(19)20)11(14)24(21,22)3-2-7(13)12(17)18/h4-5,7,21-22H,2-3,13H2,1H3,(H2-,14,16,17,18)/p+1/t7-/m0/s1. The first-order valence-corrected chi connectivity index (χ1v) is 8.36. The summed E-state index contributed by atoms with van der Waals surface area (Å²) in [7, 11) is -2.93. The normalized spacial score (nSPS) is 12.5. The lowest BCUT2D eigenvalue weighted by molar-refractivity contribution is -0.386. The van der Waals surface area contributed by atoms with Gasteiger partial charge in [0.05, 0.1) is 17.6 Å². The predicted octanol–water partition coefficient (Wildman–Crippen LogP) is 0.269. The number of nitrogens with zero attached hydrogens (tertiary/aromatic N) is 1. The fourth-order valence-electron chi connectivity index (χ4n) is 1.79. The zero-order chi connectivity index (χ0) is 18.7. The van der Waals surface area contributed by atoms with E-state index in [0.717, 1.165) is 19.2 Å². The fourth-order valence-corrected chi connectivity index (χ4v) is 3.19. The molecule has 0 bridgehead atoms. The molecule has 0 amide bonds. The Morgan fingerprint density at radius 2 is 2.08 bits per heavy atom. The molecule has 0 heterocycles. The van der Waals surface area contributed by atoms with Crippen LogP contribution in [0.2, 0.25) is 0 Å². The van der Waals surface area contributed by atoms with Gasteiger partial charge in [0, 0.05) is 12.5 Å². The van der Waals surface area contributed by atoms with Crippen LogP contribution in [0.25, 0.3) is 0 Å². The summed E-state index contributed by atoms with van der Waals surface area (Å²) in [5.41, 5.74) is 3.55. The van der Waals surface area contributed by atoms with Crippen molar-refractivity contribution in [1.82, 2.24) is 0 Å². The summed E-state index contributed by atoms with van der Waals surface area (Å²) in [4.78, 5) is 40.8. The van der Waals surface area contributed by atoms with Crippen molar-refractivity contribution in [1.29, 1.82) is 5.41 Å². The van der Waals surface area contributed by atoms with Crippen molar-refractivity contribution in [3.63, 3.8) is 0 Å². The molecule has 0 saturated heterocycles. The number of benzene rings is 1. The van der Waals surface area contributed by atoms with E-state index < -0.39 is 47.7 Å². The zero-order valence-electron chi connectivity index (χ0n) is 12.5. The first-order chi connectivity index (χ1) is 11.0. The predicted molar refractivity (Wildman–Crippen MR) is 84.6 cm³/mol. The molecule has 0 aromatic heterocycles. The summed E-state index contributed by atoms with van der Waals surface area (Å²) in [6.07, 6.45) is -0.772. The number of carbonyl (C=O) groups is 1. The Labute approximate surface area is 136 Å². The topological polar surface area (TPSA) is 200 Å². The number of phenolic OH excluding ortho intramolecular Hbond substituents is 1. The fraction of sp³-hybridized carbons (Fsp3) is 0.333. The smallest absolute Gasteiger partial charge is 0.320 e. The van der Waals surface area contributed by atoms with Crippen molar-refractivity contribution in [3.8, 4) is 11.5 Å². The van der Waals surface area contributed by atoms with Gasteiger partial charge in [0.25, 0.3) is 0 Å². The molecule has 24 heavy (non-hydrogen) atoms. The van der Waals surface area contributed by atoms with Gasteiger partial charge >= 0.3 is 19.4 Å². The summed E-state index contributed by atoms with van der Waals surface area (Å²) in [6, 6.07) is 0.516. The number of rotatable bonds is 8. The SMILES string of the molecule is COc1cc(C(=N)[P+](O)(O)CC[C@H](N)C(=O)O)cc([N+](=O)[O-])c1O. The van der Waals surface area contributed by atoms with Crippen molar-refractivity contribution < 1.29 is 34.5 Å². The second-order valence-electron chi connectivity index (χ2n) is 4.84. The van der Waals surface area contributed by atoms with E-state index in [1.165, 1.54) is 0 Å². The van der Waals surface area contributed by atoms with Gasteiger partial charge in [0.15, 0.2) is 5.75 Å². The summed E-state index contributed by atoms with van der Waals surface area (Å²) < 4.78 is 4.77. The first kappa shape index (κ1) is 19.7. The van der Waals surface area contributed by atoms with Gasteiger partial charge in [-0.1, -0.05) is 0 Å². The van der Waals surface area contributed by atoms with Crippen molar-refractivity contribution in [2.45, 2.75) is 12.5 Å². The van der Waals surface area contributed by atoms with E-state index >= 15 is 0 Å². The number of nitro groups is 1. The van der Waals surface area contributed by atoms with Crippen LogP contribution in [0.1, 0.15) is 12.0 Å². The molecule has 0 aliphatic rings. The Balaban J connectivity index is 3.15. The van der Waals surface area contributed by atoms with Crippen molar-refractivity contribution in [3.05, 3.63) is 27.8 Å². The molecule has 1 aromatic rings. The van der Waals surface area contributed by atoms with Gasteiger partial charge in [0.2, 0.25) is 11.2 Å². The van der Waals surface area contributed by atoms with Gasteiger partial charge in [-0.3, -0.25) is 20.3 Å². The van der Waals surface area contributed by atoms with Gasteiger partial charge < -0.3 is 20.7 Å². The molecule has 1 rings (SSSR count). The van der Waals surface area contributed by atoms with Crippen LogP contribution < -0.4 is 10.5 Å². The molecule has 0 radical (unpaired) electrons. The second kappa shape index (κ2) is 7.49. The van der Waals surface area contributed by atoms with Crippen LogP contribution in [0, 0.1) is 15.5 Å². The first-order valence-electron chi connectivity index (χ1n) is 6.48. The maximum atomic E-state index is 10.9. The molecule has 12 heteroatoms. The maximum Gasteiger partial charge on any atom is 0.320 e. The molecule has 0 fully saturated rings. The lowest BCUT2D eigenvalue weighted by Crippen LogP contribution is -2.31. The highest BCUT2D eigenvalue weighted by Crippen LogP contribution is 2.54. The summed E-state index contributed by atoms with van der Waals surface area (Å²) in [5, 5.41) is 37.1. The number of nitro benzene ring substituents is 1. The van der Waals surface area contributed by atoms with E-state index in [9.17, 15) is 29.8 Å². The van der Waals surface area contributed by atoms with E-state index in [2.05, 4.69) is 0 Å². The molecule has 0 saturated carbocycles. The third-order valence-electron chi connectivity index (χ3n) is 3.17. The second-order valence-corrected chi connectivity index (χ2v) is 7.19. The van der Waals surface area contributed by atoms with Crippen molar-refractivity contribution in [2.24, 2.45) is 5.73 Å². The van der Waals surface area contributed by atoms with Crippen LogP contribution in [0.5, 0.6) is 11.5 Å². The molecule has 1 atom stereocenters. The monoisotopic (exact) mass is 362 g/mol. The van der Waals surface area contributed by atoms with Gasteiger partial charge in [-0.25, -0.2) is 9.79 Å². The summed E-state index contributed by atoms with van der Waals surface area (Å²) >= 11 is 0. The lowest BCUT2D eigenvalue weighted by Gasteiger charge is -2.15. The lowest BCUT2D eigenvalue weighted by atomic mass is 10.2. The number of carboxylic acids is 1. The average molecular weight is 362 g/mol. The number of aromatic hydroxyl groups is 1. The minimum Gasteiger partial charge on any atom is -0.500 e. The minimum absolute atomic E-state index is 0.237. The molecule has 7 N–H and O–H groups in total. The highest BCUT2D eigenvalue weighted by atomic mass is 31.2. The van der Waals surface area contributed by atoms with E-state index in [1.54, 1.807) is 0 Å². The largest absolute Gasteiger partial charge is 0.500 e. The maximum absolute atomic E-state index is 10.9. The van der Waals surface area contributed by atoms with Crippen molar-refractivity contribution in [2.75, 3.05) is 13.3 Å². The van der Waals surface area contributed by atoms with Crippen LogP contribution >= 0.6 is 7.72 Å². The van der Waals surface area contributed by atoms with Crippen LogP contribution in [-0.2, 0) is 4.79 Å². The van der Waals surface area contributed by atoms with Gasteiger partial charge in [0.1, 0.15) is 12.2 Å². The minimum atomic E-state index is -4.06. The molecule has 0 aliphatic carbocycles. The molecule has 0 aliphatic heterocycles. The Kier molecular flexibility index (Phi) is 6.16. The number of aliphatic carboxylic acids is 1. The highest BCUT2D eigenvalue weighted by molar-refractivity contribution is 7.82. The van der Waals surface area contributed by atoms with E-state index in [4.69, 9.17) is 21.0 Å². The Hall–Kier alpha value is -2.33. The molecule has 1 aromatic carbocycles. The number of hydrogen-bond acceptors (Lipinski definition) is 9. The third kappa shape index (κ3) is 4.36.